The van der Waals surface area contributed by atoms with Crippen molar-refractivity contribution in [1.82, 2.24) is 4.90 Å². The van der Waals surface area contributed by atoms with Crippen LogP contribution in [0.4, 0.5) is 0 Å². The van der Waals surface area contributed by atoms with Crippen LogP contribution < -0.4 is 4.74 Å². The molecule has 28 heavy (non-hydrogen) atoms. The molecule has 1 aliphatic carbocycles. The van der Waals surface area contributed by atoms with Crippen LogP contribution in [0.25, 0.3) is 0 Å². The van der Waals surface area contributed by atoms with E-state index in [0.29, 0.717) is 17.4 Å². The molecule has 2 aromatic rings. The van der Waals surface area contributed by atoms with Crippen molar-refractivity contribution in [2.24, 2.45) is 5.92 Å². The van der Waals surface area contributed by atoms with Crippen molar-refractivity contribution in [3.63, 3.8) is 0 Å². The van der Waals surface area contributed by atoms with Gasteiger partial charge < -0.3 is 4.74 Å². The Kier molecular flexibility index (Phi) is 5.99. The Balaban J connectivity index is 1.39. The minimum Gasteiger partial charge on any atom is -0.493 e. The van der Waals surface area contributed by atoms with Crippen LogP contribution >= 0.6 is 11.6 Å². The van der Waals surface area contributed by atoms with Gasteiger partial charge in [-0.05, 0) is 69.4 Å². The number of hydrogen-bond acceptors (Lipinski definition) is 2. The van der Waals surface area contributed by atoms with Crippen LogP contribution in [-0.4, -0.2) is 30.6 Å². The van der Waals surface area contributed by atoms with Crippen LogP contribution in [0.15, 0.2) is 48.5 Å². The van der Waals surface area contributed by atoms with E-state index in [1.807, 2.05) is 0 Å². The van der Waals surface area contributed by atoms with Gasteiger partial charge in [-0.1, -0.05) is 47.9 Å². The van der Waals surface area contributed by atoms with Crippen molar-refractivity contribution >= 4 is 11.6 Å². The predicted octanol–water partition coefficient (Wildman–Crippen LogP) is 6.25. The van der Waals surface area contributed by atoms with E-state index in [1.54, 1.807) is 0 Å². The Morgan fingerprint density at radius 2 is 1.75 bits per heavy atom. The van der Waals surface area contributed by atoms with Crippen molar-refractivity contribution in [3.05, 3.63) is 64.7 Å². The second-order valence-electron chi connectivity index (χ2n) is 8.99. The first kappa shape index (κ1) is 19.8. The summed E-state index contributed by atoms with van der Waals surface area (Å²) in [5, 5.41) is 0.831. The molecule has 0 amide bonds. The average molecular weight is 398 g/mol. The Labute approximate surface area is 174 Å². The third-order valence-electron chi connectivity index (χ3n) is 6.89. The van der Waals surface area contributed by atoms with Crippen molar-refractivity contribution in [1.29, 1.82) is 0 Å². The number of halogens is 1. The molecule has 3 heteroatoms. The van der Waals surface area contributed by atoms with E-state index in [-0.39, 0.29) is 0 Å². The fourth-order valence-electron chi connectivity index (χ4n) is 4.80. The van der Waals surface area contributed by atoms with Crippen LogP contribution in [0.2, 0.25) is 5.02 Å². The van der Waals surface area contributed by atoms with Gasteiger partial charge in [-0.3, -0.25) is 4.90 Å². The van der Waals surface area contributed by atoms with Crippen LogP contribution in [0.3, 0.4) is 0 Å². The molecule has 2 aromatic carbocycles. The predicted molar refractivity (Wildman–Crippen MR) is 117 cm³/mol. The first-order chi connectivity index (χ1) is 13.5. The van der Waals surface area contributed by atoms with Gasteiger partial charge >= 0.3 is 0 Å². The topological polar surface area (TPSA) is 12.5 Å². The molecule has 2 aliphatic rings. The number of piperidine rings is 1. The molecule has 0 N–H and O–H groups in total. The molecule has 2 nitrogen and oxygen atoms in total. The Hall–Kier alpha value is -1.51. The van der Waals surface area contributed by atoms with Crippen LogP contribution in [-0.2, 0) is 5.41 Å². The van der Waals surface area contributed by atoms with E-state index in [9.17, 15) is 0 Å². The van der Waals surface area contributed by atoms with Gasteiger partial charge in [0.25, 0.3) is 0 Å². The van der Waals surface area contributed by atoms with E-state index in [1.165, 1.54) is 43.2 Å². The lowest BCUT2D eigenvalue weighted by Crippen LogP contribution is -2.52. The summed E-state index contributed by atoms with van der Waals surface area (Å²) in [6.45, 7) is 7.63. The molecule has 150 valence electrons. The van der Waals surface area contributed by atoms with Gasteiger partial charge in [-0.25, -0.2) is 0 Å². The maximum Gasteiger partial charge on any atom is 0.119 e. The highest BCUT2D eigenvalue weighted by Crippen LogP contribution is 2.45. The highest BCUT2D eigenvalue weighted by molar-refractivity contribution is 6.30. The van der Waals surface area contributed by atoms with E-state index in [4.69, 9.17) is 16.3 Å². The van der Waals surface area contributed by atoms with Gasteiger partial charge in [-0.2, -0.15) is 0 Å². The molecule has 1 heterocycles. The van der Waals surface area contributed by atoms with Crippen molar-refractivity contribution in [3.8, 4) is 5.75 Å². The molecular formula is C25H32ClNO. The van der Waals surface area contributed by atoms with Crippen LogP contribution in [0, 0.1) is 12.8 Å². The first-order valence-electron chi connectivity index (χ1n) is 10.7. The number of hydrogen-bond donors (Lipinski definition) is 0. The van der Waals surface area contributed by atoms with Gasteiger partial charge in [0.2, 0.25) is 0 Å². The fourth-order valence-corrected chi connectivity index (χ4v) is 4.93. The maximum absolute atomic E-state index is 6.13. The number of likely N-dealkylation sites (tertiary alicyclic amines) is 1. The molecule has 0 aromatic heterocycles. The average Bonchev–Trinajstić information content (AvgIpc) is 2.67. The van der Waals surface area contributed by atoms with Crippen molar-refractivity contribution in [2.45, 2.75) is 57.4 Å². The molecule has 1 saturated carbocycles. The van der Waals surface area contributed by atoms with E-state index < -0.39 is 0 Å². The highest BCUT2D eigenvalue weighted by Gasteiger charge is 2.41. The third-order valence-corrected chi connectivity index (χ3v) is 7.14. The van der Waals surface area contributed by atoms with E-state index >= 15 is 0 Å². The molecule has 0 bridgehead atoms. The normalized spacial score (nSPS) is 24.5. The minimum absolute atomic E-state index is 0.318. The standard InChI is InChI=1S/C25H32ClNO/c1-19-4-12-24(13-5-19)28-17-21-7-6-20(2)27(16-21)18-25(14-3-15-25)22-8-10-23(26)11-9-22/h4-5,8-13,20-21H,3,6-7,14-18H2,1-2H3. The Morgan fingerprint density at radius 1 is 1.04 bits per heavy atom. The molecule has 4 rings (SSSR count). The zero-order chi connectivity index (χ0) is 19.6. The zero-order valence-corrected chi connectivity index (χ0v) is 17.9. The summed E-state index contributed by atoms with van der Waals surface area (Å²) >= 11 is 6.13. The fraction of sp³-hybridized carbons (Fsp3) is 0.520. The quantitative estimate of drug-likeness (QED) is 0.571. The van der Waals surface area contributed by atoms with Gasteiger partial charge in [-0.15, -0.1) is 0 Å². The number of aryl methyl sites for hydroxylation is 1. The van der Waals surface area contributed by atoms with E-state index in [2.05, 4.69) is 67.3 Å². The second-order valence-corrected chi connectivity index (χ2v) is 9.42. The molecule has 2 atom stereocenters. The smallest absolute Gasteiger partial charge is 0.119 e. The lowest BCUT2D eigenvalue weighted by Gasteiger charge is -2.49. The summed E-state index contributed by atoms with van der Waals surface area (Å²) in [6, 6.07) is 17.7. The summed E-state index contributed by atoms with van der Waals surface area (Å²) in [7, 11) is 0. The van der Waals surface area contributed by atoms with Crippen LogP contribution in [0.1, 0.15) is 50.2 Å². The van der Waals surface area contributed by atoms with E-state index in [0.717, 1.165) is 30.5 Å². The molecule has 1 aliphatic heterocycles. The number of ether oxygens (including phenoxy) is 1. The largest absolute Gasteiger partial charge is 0.493 e. The summed E-state index contributed by atoms with van der Waals surface area (Å²) in [4.78, 5) is 2.72. The third kappa shape index (κ3) is 4.39. The number of benzene rings is 2. The SMILES string of the molecule is Cc1ccc(OCC2CCC(C)N(CC3(c4ccc(Cl)cc4)CCC3)C2)cc1. The molecule has 2 unspecified atom stereocenters. The minimum atomic E-state index is 0.318. The second kappa shape index (κ2) is 8.47. The molecule has 2 fully saturated rings. The zero-order valence-electron chi connectivity index (χ0n) is 17.2. The number of rotatable bonds is 6. The molecule has 0 radical (unpaired) electrons. The summed E-state index contributed by atoms with van der Waals surface area (Å²) in [5.41, 5.74) is 3.06. The molecule has 1 saturated heterocycles. The lowest BCUT2D eigenvalue weighted by atomic mass is 9.64. The summed E-state index contributed by atoms with van der Waals surface area (Å²) in [5.74, 6) is 1.60. The van der Waals surface area contributed by atoms with Gasteiger partial charge in [0.1, 0.15) is 5.75 Å². The monoisotopic (exact) mass is 397 g/mol. The van der Waals surface area contributed by atoms with Crippen molar-refractivity contribution in [2.75, 3.05) is 19.7 Å². The molecular weight excluding hydrogens is 366 g/mol. The van der Waals surface area contributed by atoms with Crippen molar-refractivity contribution < 1.29 is 4.74 Å². The maximum atomic E-state index is 6.13. The van der Waals surface area contributed by atoms with Gasteiger partial charge in [0.15, 0.2) is 0 Å². The van der Waals surface area contributed by atoms with Crippen LogP contribution in [0.5, 0.6) is 5.75 Å². The van der Waals surface area contributed by atoms with Gasteiger partial charge in [0, 0.05) is 35.5 Å². The number of nitrogens with zero attached hydrogens (tertiary/aromatic N) is 1. The Bertz CT molecular complexity index is 766. The lowest BCUT2D eigenvalue weighted by molar-refractivity contribution is 0.0476. The summed E-state index contributed by atoms with van der Waals surface area (Å²) < 4.78 is 6.11. The Morgan fingerprint density at radius 3 is 2.39 bits per heavy atom. The van der Waals surface area contributed by atoms with Gasteiger partial charge in [0.05, 0.1) is 6.61 Å². The highest BCUT2D eigenvalue weighted by atomic mass is 35.5. The summed E-state index contributed by atoms with van der Waals surface area (Å²) in [6.07, 6.45) is 6.45. The first-order valence-corrected chi connectivity index (χ1v) is 11.1. The molecule has 0 spiro atoms.